The molecule has 0 aromatic heterocycles. The maximum atomic E-state index is 13.5. The van der Waals surface area contributed by atoms with Gasteiger partial charge in [-0.3, -0.25) is 0 Å². The molecule has 0 saturated carbocycles. The zero-order valence-corrected chi connectivity index (χ0v) is 11.0. The van der Waals surface area contributed by atoms with Crippen molar-refractivity contribution in [1.82, 2.24) is 0 Å². The van der Waals surface area contributed by atoms with Crippen LogP contribution in [-0.4, -0.2) is 0 Å². The number of nitrogens with one attached hydrogen (secondary N) is 1. The number of hydrogen-bond acceptors (Lipinski definition) is 2. The van der Waals surface area contributed by atoms with Gasteiger partial charge in [0.15, 0.2) is 0 Å². The molecule has 0 aliphatic heterocycles. The summed E-state index contributed by atoms with van der Waals surface area (Å²) in [7, 11) is 0. The summed E-state index contributed by atoms with van der Waals surface area (Å²) >= 11 is 6.07. The van der Waals surface area contributed by atoms with E-state index >= 15 is 0 Å². The number of rotatable bonds is 2. The Hall–Kier alpha value is -1.74. The van der Waals surface area contributed by atoms with Gasteiger partial charge in [-0.25, -0.2) is 4.39 Å². The van der Waals surface area contributed by atoms with Crippen molar-refractivity contribution in [3.05, 3.63) is 52.3 Å². The van der Waals surface area contributed by atoms with E-state index in [2.05, 4.69) is 5.32 Å². The van der Waals surface area contributed by atoms with Gasteiger partial charge in [-0.15, -0.1) is 0 Å². The predicted molar refractivity (Wildman–Crippen MR) is 75.0 cm³/mol. The molecule has 0 aliphatic rings. The first kappa shape index (κ1) is 12.7. The number of aryl methyl sites for hydroxylation is 2. The van der Waals surface area contributed by atoms with Crippen LogP contribution in [0.1, 0.15) is 11.1 Å². The average Bonchev–Trinajstić information content (AvgIpc) is 2.30. The van der Waals surface area contributed by atoms with Crippen molar-refractivity contribution >= 4 is 28.7 Å². The lowest BCUT2D eigenvalue weighted by molar-refractivity contribution is 0.619. The van der Waals surface area contributed by atoms with Crippen LogP contribution in [0.5, 0.6) is 0 Å². The summed E-state index contributed by atoms with van der Waals surface area (Å²) < 4.78 is 13.5. The predicted octanol–water partition coefficient (Wildman–Crippen LogP) is 4.42. The number of halogens is 2. The van der Waals surface area contributed by atoms with Crippen molar-refractivity contribution in [3.63, 3.8) is 0 Å². The Morgan fingerprint density at radius 3 is 2.56 bits per heavy atom. The second kappa shape index (κ2) is 4.86. The van der Waals surface area contributed by atoms with Crippen LogP contribution in [0.3, 0.4) is 0 Å². The molecule has 0 saturated heterocycles. The van der Waals surface area contributed by atoms with Crippen LogP contribution in [0.15, 0.2) is 30.3 Å². The molecule has 94 valence electrons. The van der Waals surface area contributed by atoms with E-state index in [1.807, 2.05) is 19.1 Å². The largest absolute Gasteiger partial charge is 0.397 e. The van der Waals surface area contributed by atoms with Crippen molar-refractivity contribution in [1.29, 1.82) is 0 Å². The summed E-state index contributed by atoms with van der Waals surface area (Å²) in [6.45, 7) is 3.63. The van der Waals surface area contributed by atoms with E-state index in [-0.39, 0.29) is 5.82 Å². The topological polar surface area (TPSA) is 38.0 Å². The molecule has 2 aromatic rings. The first-order chi connectivity index (χ1) is 8.47. The molecule has 3 N–H and O–H groups in total. The lowest BCUT2D eigenvalue weighted by Crippen LogP contribution is -1.98. The van der Waals surface area contributed by atoms with Crippen LogP contribution < -0.4 is 11.1 Å². The van der Waals surface area contributed by atoms with Gasteiger partial charge in [-0.05, 0) is 49.2 Å². The molecule has 4 heteroatoms. The van der Waals surface area contributed by atoms with Crippen molar-refractivity contribution in [2.75, 3.05) is 11.1 Å². The fourth-order valence-corrected chi connectivity index (χ4v) is 1.93. The lowest BCUT2D eigenvalue weighted by atomic mass is 10.1. The third-order valence-corrected chi connectivity index (χ3v) is 3.04. The van der Waals surface area contributed by atoms with E-state index < -0.39 is 0 Å². The lowest BCUT2D eigenvalue weighted by Gasteiger charge is -2.12. The number of benzene rings is 2. The van der Waals surface area contributed by atoms with Crippen molar-refractivity contribution in [2.24, 2.45) is 0 Å². The molecule has 0 amide bonds. The van der Waals surface area contributed by atoms with Gasteiger partial charge in [0.25, 0.3) is 0 Å². The van der Waals surface area contributed by atoms with Gasteiger partial charge in [0, 0.05) is 0 Å². The van der Waals surface area contributed by atoms with Crippen LogP contribution in [0, 0.1) is 19.7 Å². The Labute approximate surface area is 111 Å². The molecule has 0 radical (unpaired) electrons. The Balaban J connectivity index is 2.40. The van der Waals surface area contributed by atoms with Gasteiger partial charge in [-0.1, -0.05) is 17.7 Å². The van der Waals surface area contributed by atoms with Crippen molar-refractivity contribution in [3.8, 4) is 0 Å². The molecule has 0 aliphatic carbocycles. The van der Waals surface area contributed by atoms with Crippen LogP contribution in [0.25, 0.3) is 0 Å². The standard InChI is InChI=1S/C14H14ClFN2/c1-8-3-4-12(17)14(5-8)18-13-7-11(16)9(2)6-10(13)15/h3-7,18H,17H2,1-2H3. The Bertz CT molecular complexity index is 597. The highest BCUT2D eigenvalue weighted by Crippen LogP contribution is 2.30. The third kappa shape index (κ3) is 2.57. The summed E-state index contributed by atoms with van der Waals surface area (Å²) in [6.07, 6.45) is 0. The van der Waals surface area contributed by atoms with Crippen molar-refractivity contribution in [2.45, 2.75) is 13.8 Å². The van der Waals surface area contributed by atoms with Crippen LogP contribution in [-0.2, 0) is 0 Å². The minimum absolute atomic E-state index is 0.298. The van der Waals surface area contributed by atoms with Crippen LogP contribution in [0.2, 0.25) is 5.02 Å². The minimum Gasteiger partial charge on any atom is -0.397 e. The summed E-state index contributed by atoms with van der Waals surface area (Å²) in [4.78, 5) is 0. The first-order valence-corrected chi connectivity index (χ1v) is 5.94. The van der Waals surface area contributed by atoms with E-state index in [1.54, 1.807) is 19.1 Å². The number of hydrogen-bond donors (Lipinski definition) is 2. The smallest absolute Gasteiger partial charge is 0.128 e. The second-order valence-electron chi connectivity index (χ2n) is 4.30. The number of anilines is 3. The molecule has 18 heavy (non-hydrogen) atoms. The number of nitrogen functional groups attached to an aromatic ring is 1. The van der Waals surface area contributed by atoms with Gasteiger partial charge in [0.1, 0.15) is 5.82 Å². The molecule has 0 spiro atoms. The molecular formula is C14H14ClFN2. The molecule has 0 atom stereocenters. The quantitative estimate of drug-likeness (QED) is 0.788. The molecule has 0 fully saturated rings. The maximum Gasteiger partial charge on any atom is 0.128 e. The Kier molecular flexibility index (Phi) is 3.43. The van der Waals surface area contributed by atoms with Gasteiger partial charge < -0.3 is 11.1 Å². The summed E-state index contributed by atoms with van der Waals surface area (Å²) in [5.74, 6) is -0.298. The fourth-order valence-electron chi connectivity index (χ4n) is 1.67. The number of nitrogens with two attached hydrogens (primary N) is 1. The first-order valence-electron chi connectivity index (χ1n) is 5.56. The minimum atomic E-state index is -0.298. The SMILES string of the molecule is Cc1ccc(N)c(Nc2cc(F)c(C)cc2Cl)c1. The Morgan fingerprint density at radius 2 is 1.83 bits per heavy atom. The van der Waals surface area contributed by atoms with E-state index in [9.17, 15) is 4.39 Å². The molecular weight excluding hydrogens is 251 g/mol. The zero-order valence-electron chi connectivity index (χ0n) is 10.2. The third-order valence-electron chi connectivity index (χ3n) is 2.73. The monoisotopic (exact) mass is 264 g/mol. The highest BCUT2D eigenvalue weighted by Gasteiger charge is 2.07. The van der Waals surface area contributed by atoms with E-state index in [4.69, 9.17) is 17.3 Å². The molecule has 2 nitrogen and oxygen atoms in total. The van der Waals surface area contributed by atoms with Gasteiger partial charge in [0.2, 0.25) is 0 Å². The summed E-state index contributed by atoms with van der Waals surface area (Å²) in [6, 6.07) is 8.57. The maximum absolute atomic E-state index is 13.5. The normalized spacial score (nSPS) is 10.4. The van der Waals surface area contributed by atoms with E-state index in [0.29, 0.717) is 22.0 Å². The summed E-state index contributed by atoms with van der Waals surface area (Å²) in [5, 5.41) is 3.52. The fraction of sp³-hybridized carbons (Fsp3) is 0.143. The molecule has 2 aromatic carbocycles. The van der Waals surface area contributed by atoms with E-state index in [1.165, 1.54) is 6.07 Å². The average molecular weight is 265 g/mol. The highest BCUT2D eigenvalue weighted by atomic mass is 35.5. The van der Waals surface area contributed by atoms with Crippen molar-refractivity contribution < 1.29 is 4.39 Å². The Morgan fingerprint density at radius 1 is 1.11 bits per heavy atom. The van der Waals surface area contributed by atoms with Gasteiger partial charge >= 0.3 is 0 Å². The van der Waals surface area contributed by atoms with Gasteiger partial charge in [-0.2, -0.15) is 0 Å². The molecule has 0 unspecified atom stereocenters. The summed E-state index contributed by atoms with van der Waals surface area (Å²) in [5.41, 5.74) is 9.27. The molecule has 0 heterocycles. The van der Waals surface area contributed by atoms with Gasteiger partial charge in [0.05, 0.1) is 22.1 Å². The van der Waals surface area contributed by atoms with Crippen LogP contribution in [0.4, 0.5) is 21.5 Å². The second-order valence-corrected chi connectivity index (χ2v) is 4.70. The highest BCUT2D eigenvalue weighted by molar-refractivity contribution is 6.33. The molecule has 2 rings (SSSR count). The van der Waals surface area contributed by atoms with Crippen LogP contribution >= 0.6 is 11.6 Å². The zero-order chi connectivity index (χ0) is 13.3. The molecule has 0 bridgehead atoms. The van der Waals surface area contributed by atoms with E-state index in [0.717, 1.165) is 11.3 Å².